The second kappa shape index (κ2) is 6.15. The molecule has 4 nitrogen and oxygen atoms in total. The summed E-state index contributed by atoms with van der Waals surface area (Å²) in [5.41, 5.74) is 0.337. The van der Waals surface area contributed by atoms with Crippen LogP contribution in [0, 0.1) is 0 Å². The summed E-state index contributed by atoms with van der Waals surface area (Å²) in [5.74, 6) is 1.50. The van der Waals surface area contributed by atoms with E-state index in [-0.39, 0.29) is 0 Å². The van der Waals surface area contributed by atoms with Gasteiger partial charge in [0.05, 0.1) is 19.8 Å². The maximum absolute atomic E-state index is 10.5. The van der Waals surface area contributed by atoms with E-state index in [4.69, 9.17) is 9.47 Å². The Bertz CT molecular complexity index is 392. The van der Waals surface area contributed by atoms with Gasteiger partial charge in [-0.2, -0.15) is 0 Å². The zero-order valence-electron chi connectivity index (χ0n) is 11.7. The summed E-state index contributed by atoms with van der Waals surface area (Å²) in [6.07, 6.45) is 5.21. The summed E-state index contributed by atoms with van der Waals surface area (Å²) in [4.78, 5) is 0. The van der Waals surface area contributed by atoms with E-state index in [0.717, 1.165) is 42.9 Å². The first-order valence-electron chi connectivity index (χ1n) is 6.84. The zero-order valence-corrected chi connectivity index (χ0v) is 11.7. The number of hydrogen-bond donors (Lipinski definition) is 2. The lowest BCUT2D eigenvalue weighted by Gasteiger charge is -2.32. The number of rotatable bonds is 5. The van der Waals surface area contributed by atoms with Gasteiger partial charge in [-0.3, -0.25) is 0 Å². The first-order chi connectivity index (χ1) is 9.15. The van der Waals surface area contributed by atoms with E-state index in [1.807, 2.05) is 18.2 Å². The molecule has 0 atom stereocenters. The van der Waals surface area contributed by atoms with Crippen LogP contribution in [0.1, 0.15) is 32.1 Å². The molecule has 1 fully saturated rings. The molecule has 0 radical (unpaired) electrons. The van der Waals surface area contributed by atoms with Crippen LogP contribution in [0.25, 0.3) is 0 Å². The lowest BCUT2D eigenvalue weighted by molar-refractivity contribution is 0.0167. The van der Waals surface area contributed by atoms with Crippen LogP contribution in [0.15, 0.2) is 18.2 Å². The van der Waals surface area contributed by atoms with Crippen molar-refractivity contribution in [2.24, 2.45) is 0 Å². The number of ether oxygens (including phenoxy) is 2. The lowest BCUT2D eigenvalue weighted by Crippen LogP contribution is -2.38. The highest BCUT2D eigenvalue weighted by Crippen LogP contribution is 2.30. The molecule has 4 heteroatoms. The number of aliphatic hydroxyl groups is 1. The third-order valence-electron chi connectivity index (χ3n) is 3.76. The molecule has 1 aromatic rings. The van der Waals surface area contributed by atoms with Gasteiger partial charge in [-0.25, -0.2) is 0 Å². The molecule has 1 aliphatic carbocycles. The van der Waals surface area contributed by atoms with E-state index < -0.39 is 5.60 Å². The van der Waals surface area contributed by atoms with Gasteiger partial charge in [-0.1, -0.05) is 19.3 Å². The third kappa shape index (κ3) is 3.77. The first kappa shape index (κ1) is 14.0. The van der Waals surface area contributed by atoms with E-state index >= 15 is 0 Å². The standard InChI is InChI=1S/C15H23NO3/c1-18-13-8-12(9-14(10-13)19-2)16-11-15(17)6-4-3-5-7-15/h8-10,16-17H,3-7,11H2,1-2H3. The van der Waals surface area contributed by atoms with Crippen molar-refractivity contribution < 1.29 is 14.6 Å². The minimum absolute atomic E-state index is 0.573. The van der Waals surface area contributed by atoms with Gasteiger partial charge in [-0.15, -0.1) is 0 Å². The van der Waals surface area contributed by atoms with Crippen molar-refractivity contribution in [3.8, 4) is 11.5 Å². The van der Waals surface area contributed by atoms with E-state index in [1.165, 1.54) is 6.42 Å². The zero-order chi connectivity index (χ0) is 13.7. The van der Waals surface area contributed by atoms with Crippen LogP contribution in [0.5, 0.6) is 11.5 Å². The Labute approximate surface area is 114 Å². The molecule has 1 aromatic carbocycles. The van der Waals surface area contributed by atoms with Crippen LogP contribution in [-0.4, -0.2) is 31.5 Å². The fourth-order valence-corrected chi connectivity index (χ4v) is 2.56. The summed E-state index contributed by atoms with van der Waals surface area (Å²) >= 11 is 0. The molecule has 0 saturated heterocycles. The first-order valence-corrected chi connectivity index (χ1v) is 6.84. The van der Waals surface area contributed by atoms with Crippen LogP contribution >= 0.6 is 0 Å². The quantitative estimate of drug-likeness (QED) is 0.859. The van der Waals surface area contributed by atoms with Gasteiger partial charge < -0.3 is 19.9 Å². The van der Waals surface area contributed by atoms with Crippen molar-refractivity contribution >= 4 is 5.69 Å². The summed E-state index contributed by atoms with van der Waals surface area (Å²) in [6.45, 7) is 0.573. The predicted octanol–water partition coefficient (Wildman–Crippen LogP) is 2.81. The van der Waals surface area contributed by atoms with Crippen LogP contribution in [0.2, 0.25) is 0 Å². The monoisotopic (exact) mass is 265 g/mol. The molecule has 0 aromatic heterocycles. The molecular formula is C15H23NO3. The molecule has 2 rings (SSSR count). The molecule has 2 N–H and O–H groups in total. The topological polar surface area (TPSA) is 50.7 Å². The van der Waals surface area contributed by atoms with Crippen molar-refractivity contribution in [1.29, 1.82) is 0 Å². The largest absolute Gasteiger partial charge is 0.497 e. The highest BCUT2D eigenvalue weighted by Gasteiger charge is 2.28. The molecule has 1 aliphatic rings. The van der Waals surface area contributed by atoms with Gasteiger partial charge in [0.15, 0.2) is 0 Å². The SMILES string of the molecule is COc1cc(NCC2(O)CCCCC2)cc(OC)c1. The molecule has 0 heterocycles. The number of methoxy groups -OCH3 is 2. The van der Waals surface area contributed by atoms with Crippen LogP contribution in [-0.2, 0) is 0 Å². The maximum atomic E-state index is 10.5. The van der Waals surface area contributed by atoms with E-state index in [2.05, 4.69) is 5.32 Å². The van der Waals surface area contributed by atoms with E-state index in [0.29, 0.717) is 6.54 Å². The second-order valence-corrected chi connectivity index (χ2v) is 5.24. The lowest BCUT2D eigenvalue weighted by atomic mass is 9.85. The Morgan fingerprint density at radius 3 is 2.16 bits per heavy atom. The van der Waals surface area contributed by atoms with Gasteiger partial charge in [0.1, 0.15) is 11.5 Å². The Morgan fingerprint density at radius 2 is 1.63 bits per heavy atom. The van der Waals surface area contributed by atoms with Crippen LogP contribution < -0.4 is 14.8 Å². The number of anilines is 1. The number of hydrogen-bond acceptors (Lipinski definition) is 4. The average molecular weight is 265 g/mol. The Balaban J connectivity index is 2.02. The molecule has 0 spiro atoms. The summed E-state index contributed by atoms with van der Waals surface area (Å²) in [5, 5.41) is 13.8. The van der Waals surface area contributed by atoms with Gasteiger partial charge in [0.25, 0.3) is 0 Å². The van der Waals surface area contributed by atoms with E-state index in [9.17, 15) is 5.11 Å². The minimum Gasteiger partial charge on any atom is -0.497 e. The maximum Gasteiger partial charge on any atom is 0.124 e. The van der Waals surface area contributed by atoms with Crippen molar-refractivity contribution in [3.05, 3.63) is 18.2 Å². The van der Waals surface area contributed by atoms with Crippen molar-refractivity contribution in [1.82, 2.24) is 0 Å². The average Bonchev–Trinajstić information content (AvgIpc) is 2.45. The van der Waals surface area contributed by atoms with E-state index in [1.54, 1.807) is 14.2 Å². The van der Waals surface area contributed by atoms with Gasteiger partial charge in [-0.05, 0) is 12.8 Å². The molecule has 19 heavy (non-hydrogen) atoms. The van der Waals surface area contributed by atoms with Crippen molar-refractivity contribution in [3.63, 3.8) is 0 Å². The van der Waals surface area contributed by atoms with Gasteiger partial charge in [0, 0.05) is 30.4 Å². The Morgan fingerprint density at radius 1 is 1.05 bits per heavy atom. The molecule has 0 unspecified atom stereocenters. The highest BCUT2D eigenvalue weighted by atomic mass is 16.5. The number of benzene rings is 1. The summed E-state index contributed by atoms with van der Waals surface area (Å²) in [6, 6.07) is 5.66. The van der Waals surface area contributed by atoms with Crippen LogP contribution in [0.4, 0.5) is 5.69 Å². The third-order valence-corrected chi connectivity index (χ3v) is 3.76. The molecule has 106 valence electrons. The highest BCUT2D eigenvalue weighted by molar-refractivity contribution is 5.54. The van der Waals surface area contributed by atoms with Gasteiger partial charge >= 0.3 is 0 Å². The Kier molecular flexibility index (Phi) is 4.53. The van der Waals surface area contributed by atoms with Crippen LogP contribution in [0.3, 0.4) is 0 Å². The normalized spacial score (nSPS) is 17.8. The smallest absolute Gasteiger partial charge is 0.124 e. The molecular weight excluding hydrogens is 242 g/mol. The van der Waals surface area contributed by atoms with Gasteiger partial charge in [0.2, 0.25) is 0 Å². The minimum atomic E-state index is -0.575. The predicted molar refractivity (Wildman–Crippen MR) is 76.1 cm³/mol. The summed E-state index contributed by atoms with van der Waals surface area (Å²) < 4.78 is 10.5. The summed E-state index contributed by atoms with van der Waals surface area (Å²) in [7, 11) is 3.26. The second-order valence-electron chi connectivity index (χ2n) is 5.24. The molecule has 0 aliphatic heterocycles. The van der Waals surface area contributed by atoms with Crippen molar-refractivity contribution in [2.45, 2.75) is 37.7 Å². The molecule has 1 saturated carbocycles. The van der Waals surface area contributed by atoms with Crippen molar-refractivity contribution in [2.75, 3.05) is 26.1 Å². The fourth-order valence-electron chi connectivity index (χ4n) is 2.56. The number of nitrogens with one attached hydrogen (secondary N) is 1. The molecule has 0 amide bonds. The Hall–Kier alpha value is -1.42. The fraction of sp³-hybridized carbons (Fsp3) is 0.600. The molecule has 0 bridgehead atoms.